The van der Waals surface area contributed by atoms with Crippen LogP contribution in [0, 0.1) is 0 Å². The molecule has 1 aromatic carbocycles. The molecule has 0 bridgehead atoms. The van der Waals surface area contributed by atoms with Gasteiger partial charge in [0.1, 0.15) is 0 Å². The number of fused-ring (bicyclic) bond motifs is 3. The number of aromatic nitrogens is 1. The summed E-state index contributed by atoms with van der Waals surface area (Å²) in [7, 11) is 0. The minimum Gasteiger partial charge on any atom is -0.382 e. The standard InChI is InChI=1S/C11H11N3/c1-2-8-9(12-5-1)3-4-10-11(8)14-7-6-13-10/h1-5,13-14H,6-7H2. The van der Waals surface area contributed by atoms with Crippen molar-refractivity contribution < 1.29 is 0 Å². The van der Waals surface area contributed by atoms with Crippen LogP contribution in [0.5, 0.6) is 0 Å². The highest BCUT2D eigenvalue weighted by atomic mass is 15.0. The van der Waals surface area contributed by atoms with Gasteiger partial charge in [-0.1, -0.05) is 0 Å². The van der Waals surface area contributed by atoms with E-state index < -0.39 is 0 Å². The van der Waals surface area contributed by atoms with Crippen LogP contribution in [0.15, 0.2) is 30.5 Å². The molecule has 1 aromatic heterocycles. The minimum atomic E-state index is 0.973. The van der Waals surface area contributed by atoms with E-state index in [1.165, 1.54) is 16.8 Å². The normalized spacial score (nSPS) is 14.3. The smallest absolute Gasteiger partial charge is 0.0724 e. The summed E-state index contributed by atoms with van der Waals surface area (Å²) in [5, 5.41) is 7.96. The predicted octanol–water partition coefficient (Wildman–Crippen LogP) is 2.07. The maximum atomic E-state index is 4.32. The predicted molar refractivity (Wildman–Crippen MR) is 58.7 cm³/mol. The number of hydrogen-bond donors (Lipinski definition) is 2. The highest BCUT2D eigenvalue weighted by molar-refractivity contribution is 5.98. The molecule has 0 unspecified atom stereocenters. The number of anilines is 2. The van der Waals surface area contributed by atoms with Gasteiger partial charge in [-0.15, -0.1) is 0 Å². The quantitative estimate of drug-likeness (QED) is 0.659. The lowest BCUT2D eigenvalue weighted by molar-refractivity contribution is 1.05. The monoisotopic (exact) mass is 185 g/mol. The first-order valence-electron chi connectivity index (χ1n) is 4.80. The van der Waals surface area contributed by atoms with Gasteiger partial charge >= 0.3 is 0 Å². The van der Waals surface area contributed by atoms with Crippen molar-refractivity contribution in [3.8, 4) is 0 Å². The van der Waals surface area contributed by atoms with Crippen LogP contribution in [0.25, 0.3) is 10.9 Å². The van der Waals surface area contributed by atoms with E-state index in [0.29, 0.717) is 0 Å². The van der Waals surface area contributed by atoms with Crippen LogP contribution in [0.3, 0.4) is 0 Å². The Hall–Kier alpha value is -1.77. The van der Waals surface area contributed by atoms with Crippen LogP contribution in [-0.2, 0) is 0 Å². The van der Waals surface area contributed by atoms with Gasteiger partial charge in [0, 0.05) is 24.7 Å². The number of nitrogens with one attached hydrogen (secondary N) is 2. The van der Waals surface area contributed by atoms with Crippen LogP contribution in [0.1, 0.15) is 0 Å². The van der Waals surface area contributed by atoms with E-state index in [4.69, 9.17) is 0 Å². The largest absolute Gasteiger partial charge is 0.382 e. The topological polar surface area (TPSA) is 37.0 Å². The van der Waals surface area contributed by atoms with Crippen LogP contribution in [0.2, 0.25) is 0 Å². The molecule has 70 valence electrons. The molecular formula is C11H11N3. The van der Waals surface area contributed by atoms with Gasteiger partial charge in [0.2, 0.25) is 0 Å². The van der Waals surface area contributed by atoms with E-state index in [1.54, 1.807) is 0 Å². The average molecular weight is 185 g/mol. The van der Waals surface area contributed by atoms with E-state index in [-0.39, 0.29) is 0 Å². The third-order valence-electron chi connectivity index (χ3n) is 2.53. The molecular weight excluding hydrogens is 174 g/mol. The fraction of sp³-hybridized carbons (Fsp3) is 0.182. The van der Waals surface area contributed by atoms with Gasteiger partial charge < -0.3 is 10.6 Å². The molecule has 0 saturated heterocycles. The summed E-state index contributed by atoms with van der Waals surface area (Å²) >= 11 is 0. The zero-order valence-electron chi connectivity index (χ0n) is 7.75. The second-order valence-electron chi connectivity index (χ2n) is 3.41. The molecule has 1 aliphatic heterocycles. The van der Waals surface area contributed by atoms with Crippen molar-refractivity contribution in [1.29, 1.82) is 0 Å². The molecule has 0 radical (unpaired) electrons. The maximum absolute atomic E-state index is 4.32. The van der Waals surface area contributed by atoms with Crippen molar-refractivity contribution in [1.82, 2.24) is 4.98 Å². The van der Waals surface area contributed by atoms with Crippen molar-refractivity contribution in [2.24, 2.45) is 0 Å². The first-order chi connectivity index (χ1) is 6.95. The molecule has 0 aliphatic carbocycles. The summed E-state index contributed by atoms with van der Waals surface area (Å²) in [5.41, 5.74) is 3.40. The third kappa shape index (κ3) is 1.02. The fourth-order valence-corrected chi connectivity index (χ4v) is 1.87. The van der Waals surface area contributed by atoms with Gasteiger partial charge in [-0.3, -0.25) is 4.98 Å². The molecule has 2 heterocycles. The lowest BCUT2D eigenvalue weighted by atomic mass is 10.1. The zero-order valence-corrected chi connectivity index (χ0v) is 7.75. The Bertz CT molecular complexity index is 479. The maximum Gasteiger partial charge on any atom is 0.0724 e. The van der Waals surface area contributed by atoms with E-state index in [1.807, 2.05) is 18.3 Å². The summed E-state index contributed by atoms with van der Waals surface area (Å²) in [6.45, 7) is 1.96. The first kappa shape index (κ1) is 7.62. The second-order valence-corrected chi connectivity index (χ2v) is 3.41. The SMILES string of the molecule is c1cnc2ccc3c(c2c1)NCCN3. The summed E-state index contributed by atoms with van der Waals surface area (Å²) < 4.78 is 0. The fourth-order valence-electron chi connectivity index (χ4n) is 1.87. The van der Waals surface area contributed by atoms with Crippen molar-refractivity contribution >= 4 is 22.3 Å². The van der Waals surface area contributed by atoms with Crippen LogP contribution >= 0.6 is 0 Å². The first-order valence-corrected chi connectivity index (χ1v) is 4.80. The molecule has 1 aliphatic rings. The van der Waals surface area contributed by atoms with Crippen molar-refractivity contribution in [3.63, 3.8) is 0 Å². The Kier molecular flexibility index (Phi) is 1.56. The van der Waals surface area contributed by atoms with Gasteiger partial charge in [0.05, 0.1) is 16.9 Å². The van der Waals surface area contributed by atoms with Gasteiger partial charge in [-0.25, -0.2) is 0 Å². The van der Waals surface area contributed by atoms with E-state index in [0.717, 1.165) is 18.6 Å². The van der Waals surface area contributed by atoms with Gasteiger partial charge in [0.15, 0.2) is 0 Å². The Morgan fingerprint density at radius 1 is 1.07 bits per heavy atom. The number of nitrogens with zero attached hydrogens (tertiary/aromatic N) is 1. The van der Waals surface area contributed by atoms with E-state index >= 15 is 0 Å². The highest BCUT2D eigenvalue weighted by Gasteiger charge is 2.10. The van der Waals surface area contributed by atoms with Crippen molar-refractivity contribution in [3.05, 3.63) is 30.5 Å². The molecule has 0 atom stereocenters. The van der Waals surface area contributed by atoms with Crippen LogP contribution in [-0.4, -0.2) is 18.1 Å². The summed E-state index contributed by atoms with van der Waals surface area (Å²) in [6.07, 6.45) is 1.82. The Morgan fingerprint density at radius 2 is 2.00 bits per heavy atom. The number of rotatable bonds is 0. The van der Waals surface area contributed by atoms with E-state index in [9.17, 15) is 0 Å². The average Bonchev–Trinajstić information content (AvgIpc) is 2.29. The lowest BCUT2D eigenvalue weighted by Crippen LogP contribution is -2.20. The van der Waals surface area contributed by atoms with Crippen molar-refractivity contribution in [2.45, 2.75) is 0 Å². The lowest BCUT2D eigenvalue weighted by Gasteiger charge is -2.21. The number of pyridine rings is 1. The molecule has 3 nitrogen and oxygen atoms in total. The van der Waals surface area contributed by atoms with Gasteiger partial charge in [0.25, 0.3) is 0 Å². The number of benzene rings is 1. The molecule has 2 aromatic rings. The number of hydrogen-bond acceptors (Lipinski definition) is 3. The summed E-state index contributed by atoms with van der Waals surface area (Å²) in [4.78, 5) is 4.32. The molecule has 2 N–H and O–H groups in total. The van der Waals surface area contributed by atoms with E-state index in [2.05, 4.69) is 27.8 Å². The van der Waals surface area contributed by atoms with Crippen molar-refractivity contribution in [2.75, 3.05) is 23.7 Å². The summed E-state index contributed by atoms with van der Waals surface area (Å²) in [6, 6.07) is 8.20. The molecule has 3 heteroatoms. The molecule has 0 fully saturated rings. The highest BCUT2D eigenvalue weighted by Crippen LogP contribution is 2.31. The van der Waals surface area contributed by atoms with Gasteiger partial charge in [-0.2, -0.15) is 0 Å². The zero-order chi connectivity index (χ0) is 9.38. The molecule has 0 amide bonds. The Labute approximate surface area is 82.2 Å². The van der Waals surface area contributed by atoms with Crippen LogP contribution in [0.4, 0.5) is 11.4 Å². The summed E-state index contributed by atoms with van der Waals surface area (Å²) in [5.74, 6) is 0. The van der Waals surface area contributed by atoms with Crippen LogP contribution < -0.4 is 10.6 Å². The molecule has 3 rings (SSSR count). The second kappa shape index (κ2) is 2.87. The van der Waals surface area contributed by atoms with Gasteiger partial charge in [-0.05, 0) is 24.3 Å². The molecule has 0 spiro atoms. The minimum absolute atomic E-state index is 0.973. The molecule has 0 saturated carbocycles. The Balaban J connectivity index is 2.34. The Morgan fingerprint density at radius 3 is 3.00 bits per heavy atom. The third-order valence-corrected chi connectivity index (χ3v) is 2.53. The molecule has 14 heavy (non-hydrogen) atoms.